The molecule has 0 aliphatic carbocycles. The van der Waals surface area contributed by atoms with Crippen molar-refractivity contribution in [3.8, 4) is 0 Å². The van der Waals surface area contributed by atoms with E-state index in [0.29, 0.717) is 10.5 Å². The van der Waals surface area contributed by atoms with Crippen molar-refractivity contribution in [2.45, 2.75) is 17.8 Å². The van der Waals surface area contributed by atoms with Crippen molar-refractivity contribution in [3.05, 3.63) is 35.4 Å². The summed E-state index contributed by atoms with van der Waals surface area (Å²) in [5, 5.41) is 0. The van der Waals surface area contributed by atoms with Gasteiger partial charge in [-0.25, -0.2) is 0 Å². The van der Waals surface area contributed by atoms with E-state index in [4.69, 9.17) is 10.5 Å². The molecule has 4 nitrogen and oxygen atoms in total. The van der Waals surface area contributed by atoms with E-state index in [-0.39, 0.29) is 5.91 Å². The number of carbonyl (C=O) groups is 1. The molecule has 0 saturated carbocycles. The molecule has 1 unspecified atom stereocenters. The summed E-state index contributed by atoms with van der Waals surface area (Å²) in [6.45, 7) is 3.49. The summed E-state index contributed by atoms with van der Waals surface area (Å²) in [6, 6.07) is 7.55. The Bertz CT molecular complexity index is 433. The maximum absolute atomic E-state index is 11.4. The molecule has 0 radical (unpaired) electrons. The number of halogens is 1. The monoisotopic (exact) mass is 326 g/mol. The second-order valence-electron chi connectivity index (χ2n) is 4.64. The standard InChI is InChI=1S/C14H19BrN2O2/c15-13(17-7-9-19-10-8-17)6-5-11-3-1-2-4-12(11)14(16)18/h1-4,13H,5-10H2,(H2,16,18). The predicted molar refractivity (Wildman–Crippen MR) is 78.4 cm³/mol. The van der Waals surface area contributed by atoms with Gasteiger partial charge in [0.2, 0.25) is 5.91 Å². The first-order chi connectivity index (χ1) is 9.18. The van der Waals surface area contributed by atoms with Crippen LogP contribution < -0.4 is 5.73 Å². The van der Waals surface area contributed by atoms with Crippen molar-refractivity contribution in [2.24, 2.45) is 5.73 Å². The Kier molecular flexibility index (Phi) is 5.36. The van der Waals surface area contributed by atoms with Crippen molar-refractivity contribution in [1.82, 2.24) is 4.90 Å². The lowest BCUT2D eigenvalue weighted by atomic mass is 10.0. The molecule has 1 aliphatic heterocycles. The first kappa shape index (κ1) is 14.5. The van der Waals surface area contributed by atoms with Crippen LogP contribution in [0.4, 0.5) is 0 Å². The number of alkyl halides is 1. The fourth-order valence-corrected chi connectivity index (χ4v) is 2.93. The van der Waals surface area contributed by atoms with Gasteiger partial charge in [0.25, 0.3) is 0 Å². The number of nitrogens with two attached hydrogens (primary N) is 1. The van der Waals surface area contributed by atoms with Crippen LogP contribution in [0.3, 0.4) is 0 Å². The number of amides is 1. The van der Waals surface area contributed by atoms with Gasteiger partial charge in [-0.1, -0.05) is 34.1 Å². The highest BCUT2D eigenvalue weighted by Crippen LogP contribution is 2.18. The fraction of sp³-hybridized carbons (Fsp3) is 0.500. The van der Waals surface area contributed by atoms with E-state index in [1.165, 1.54) is 0 Å². The molecule has 1 aliphatic rings. The quantitative estimate of drug-likeness (QED) is 0.662. The lowest BCUT2D eigenvalue weighted by Gasteiger charge is -2.31. The Balaban J connectivity index is 1.92. The molecule has 0 spiro atoms. The summed E-state index contributed by atoms with van der Waals surface area (Å²) in [4.78, 5) is 14.0. The van der Waals surface area contributed by atoms with E-state index in [1.54, 1.807) is 6.07 Å². The summed E-state index contributed by atoms with van der Waals surface area (Å²) >= 11 is 3.71. The van der Waals surface area contributed by atoms with Crippen molar-refractivity contribution < 1.29 is 9.53 Å². The lowest BCUT2D eigenvalue weighted by Crippen LogP contribution is -2.41. The molecule has 1 amide bonds. The van der Waals surface area contributed by atoms with Crippen LogP contribution in [0.25, 0.3) is 0 Å². The van der Waals surface area contributed by atoms with Crippen LogP contribution >= 0.6 is 15.9 Å². The Morgan fingerprint density at radius 2 is 2.05 bits per heavy atom. The van der Waals surface area contributed by atoms with Crippen LogP contribution in [-0.4, -0.2) is 42.1 Å². The molecule has 2 N–H and O–H groups in total. The van der Waals surface area contributed by atoms with Crippen LogP contribution in [0.1, 0.15) is 22.3 Å². The summed E-state index contributed by atoms with van der Waals surface area (Å²) in [5.74, 6) is -0.354. The minimum atomic E-state index is -0.354. The zero-order valence-corrected chi connectivity index (χ0v) is 12.4. The maximum atomic E-state index is 11.4. The number of rotatable bonds is 5. The van der Waals surface area contributed by atoms with Gasteiger partial charge >= 0.3 is 0 Å². The van der Waals surface area contributed by atoms with Gasteiger partial charge in [-0.15, -0.1) is 0 Å². The lowest BCUT2D eigenvalue weighted by molar-refractivity contribution is 0.0326. The highest BCUT2D eigenvalue weighted by molar-refractivity contribution is 9.09. The van der Waals surface area contributed by atoms with E-state index in [0.717, 1.165) is 44.7 Å². The first-order valence-corrected chi connectivity index (χ1v) is 7.43. The second-order valence-corrected chi connectivity index (χ2v) is 5.70. The number of carbonyl (C=O) groups excluding carboxylic acids is 1. The average molecular weight is 327 g/mol. The van der Waals surface area contributed by atoms with Crippen molar-refractivity contribution in [1.29, 1.82) is 0 Å². The number of nitrogens with zero attached hydrogens (tertiary/aromatic N) is 1. The van der Waals surface area contributed by atoms with Crippen LogP contribution in [0.15, 0.2) is 24.3 Å². The molecule has 1 aromatic rings. The number of morpholine rings is 1. The molecule has 2 rings (SSSR count). The van der Waals surface area contributed by atoms with Gasteiger partial charge in [0.1, 0.15) is 0 Å². The molecule has 5 heteroatoms. The largest absolute Gasteiger partial charge is 0.379 e. The summed E-state index contributed by atoms with van der Waals surface area (Å²) < 4.78 is 5.34. The Morgan fingerprint density at radius 3 is 2.74 bits per heavy atom. The number of ether oxygens (including phenoxy) is 1. The average Bonchev–Trinajstić information content (AvgIpc) is 2.46. The van der Waals surface area contributed by atoms with E-state index >= 15 is 0 Å². The van der Waals surface area contributed by atoms with E-state index in [1.807, 2.05) is 18.2 Å². The molecule has 19 heavy (non-hydrogen) atoms. The topological polar surface area (TPSA) is 55.6 Å². The minimum Gasteiger partial charge on any atom is -0.379 e. The minimum absolute atomic E-state index is 0.317. The van der Waals surface area contributed by atoms with Gasteiger partial charge in [0.05, 0.1) is 18.2 Å². The third-order valence-electron chi connectivity index (χ3n) is 3.38. The summed E-state index contributed by atoms with van der Waals surface area (Å²) in [6.07, 6.45) is 1.79. The first-order valence-electron chi connectivity index (χ1n) is 6.52. The van der Waals surface area contributed by atoms with Crippen LogP contribution in [0.5, 0.6) is 0 Å². The van der Waals surface area contributed by atoms with Crippen molar-refractivity contribution >= 4 is 21.8 Å². The number of benzene rings is 1. The molecule has 0 bridgehead atoms. The highest BCUT2D eigenvalue weighted by atomic mass is 79.9. The van der Waals surface area contributed by atoms with Crippen molar-refractivity contribution in [2.75, 3.05) is 26.3 Å². The fourth-order valence-electron chi connectivity index (χ4n) is 2.29. The van der Waals surface area contributed by atoms with Gasteiger partial charge in [-0.2, -0.15) is 0 Å². The number of aryl methyl sites for hydroxylation is 1. The molecule has 1 heterocycles. The number of hydrogen-bond acceptors (Lipinski definition) is 3. The highest BCUT2D eigenvalue weighted by Gasteiger charge is 2.18. The second kappa shape index (κ2) is 7.03. The molecule has 1 saturated heterocycles. The Labute approximate surface area is 122 Å². The normalized spacial score (nSPS) is 18.2. The SMILES string of the molecule is NC(=O)c1ccccc1CCC(Br)N1CCOCC1. The van der Waals surface area contributed by atoms with Crippen LogP contribution in [-0.2, 0) is 11.2 Å². The third kappa shape index (κ3) is 4.03. The number of primary amides is 1. The van der Waals surface area contributed by atoms with Gasteiger partial charge in [0, 0.05) is 18.7 Å². The van der Waals surface area contributed by atoms with Gasteiger partial charge in [-0.05, 0) is 24.5 Å². The summed E-state index contributed by atoms with van der Waals surface area (Å²) in [5.41, 5.74) is 7.04. The molecule has 1 fully saturated rings. The van der Waals surface area contributed by atoms with E-state index < -0.39 is 0 Å². The van der Waals surface area contributed by atoms with E-state index in [2.05, 4.69) is 20.8 Å². The Hall–Kier alpha value is -0.910. The van der Waals surface area contributed by atoms with Gasteiger partial charge in [-0.3, -0.25) is 9.69 Å². The molecule has 0 aromatic heterocycles. The van der Waals surface area contributed by atoms with Gasteiger partial charge < -0.3 is 10.5 Å². The van der Waals surface area contributed by atoms with Gasteiger partial charge in [0.15, 0.2) is 0 Å². The molecule has 104 valence electrons. The van der Waals surface area contributed by atoms with Crippen LogP contribution in [0, 0.1) is 0 Å². The molecule has 1 aromatic carbocycles. The van der Waals surface area contributed by atoms with Crippen molar-refractivity contribution in [3.63, 3.8) is 0 Å². The molecular weight excluding hydrogens is 308 g/mol. The zero-order chi connectivity index (χ0) is 13.7. The molecule has 1 atom stereocenters. The zero-order valence-electron chi connectivity index (χ0n) is 10.8. The Morgan fingerprint density at radius 1 is 1.37 bits per heavy atom. The summed E-state index contributed by atoms with van der Waals surface area (Å²) in [7, 11) is 0. The van der Waals surface area contributed by atoms with Crippen LogP contribution in [0.2, 0.25) is 0 Å². The third-order valence-corrected chi connectivity index (χ3v) is 4.41. The molecular formula is C14H19BrN2O2. The smallest absolute Gasteiger partial charge is 0.248 e. The predicted octanol–water partition coefficient (Wildman–Crippen LogP) is 1.77. The number of hydrogen-bond donors (Lipinski definition) is 1. The maximum Gasteiger partial charge on any atom is 0.248 e. The van der Waals surface area contributed by atoms with E-state index in [9.17, 15) is 4.79 Å².